The van der Waals surface area contributed by atoms with Gasteiger partial charge >= 0.3 is 0 Å². The standard InChI is InChI=1S/C15H15ClN4O2/c1-20-13-11(6-7-17-15(13)22)12(19-20)14(21)18-8-9-2-4-10(16)5-3-9/h2-5H,6-8H2,1H3,(H,17,22)(H,18,21). The average Bonchev–Trinajstić information content (AvgIpc) is 2.85. The predicted molar refractivity (Wildman–Crippen MR) is 81.9 cm³/mol. The molecule has 7 heteroatoms. The van der Waals surface area contributed by atoms with Crippen molar-refractivity contribution >= 4 is 23.4 Å². The van der Waals surface area contributed by atoms with Gasteiger partial charge in [0.05, 0.1) is 0 Å². The maximum absolute atomic E-state index is 12.3. The van der Waals surface area contributed by atoms with Crippen LogP contribution in [0.25, 0.3) is 0 Å². The summed E-state index contributed by atoms with van der Waals surface area (Å²) in [4.78, 5) is 24.2. The van der Waals surface area contributed by atoms with Gasteiger partial charge in [-0.25, -0.2) is 0 Å². The Kier molecular flexibility index (Phi) is 3.85. The van der Waals surface area contributed by atoms with Gasteiger partial charge in [0, 0.05) is 30.7 Å². The number of amides is 2. The highest BCUT2D eigenvalue weighted by Crippen LogP contribution is 2.18. The van der Waals surface area contributed by atoms with Gasteiger partial charge in [-0.2, -0.15) is 5.10 Å². The average molecular weight is 319 g/mol. The van der Waals surface area contributed by atoms with Gasteiger partial charge in [-0.15, -0.1) is 0 Å². The number of halogens is 1. The van der Waals surface area contributed by atoms with E-state index in [9.17, 15) is 9.59 Å². The fourth-order valence-electron chi connectivity index (χ4n) is 2.52. The number of aryl methyl sites for hydroxylation is 1. The summed E-state index contributed by atoms with van der Waals surface area (Å²) in [6, 6.07) is 7.25. The number of hydrogen-bond acceptors (Lipinski definition) is 3. The van der Waals surface area contributed by atoms with Crippen LogP contribution in [0.5, 0.6) is 0 Å². The molecular weight excluding hydrogens is 304 g/mol. The third-order valence-corrected chi connectivity index (χ3v) is 3.85. The molecule has 2 aromatic rings. The fraction of sp³-hybridized carbons (Fsp3) is 0.267. The molecule has 0 aliphatic carbocycles. The zero-order chi connectivity index (χ0) is 15.7. The van der Waals surface area contributed by atoms with Crippen molar-refractivity contribution in [3.8, 4) is 0 Å². The topological polar surface area (TPSA) is 76.0 Å². The van der Waals surface area contributed by atoms with Crippen molar-refractivity contribution in [2.24, 2.45) is 7.05 Å². The quantitative estimate of drug-likeness (QED) is 0.895. The van der Waals surface area contributed by atoms with E-state index < -0.39 is 0 Å². The van der Waals surface area contributed by atoms with Crippen molar-refractivity contribution in [3.63, 3.8) is 0 Å². The van der Waals surface area contributed by atoms with Crippen LogP contribution in [0.4, 0.5) is 0 Å². The summed E-state index contributed by atoms with van der Waals surface area (Å²) < 4.78 is 1.46. The lowest BCUT2D eigenvalue weighted by molar-refractivity contribution is 0.0935. The minimum Gasteiger partial charge on any atom is -0.350 e. The molecule has 2 N–H and O–H groups in total. The lowest BCUT2D eigenvalue weighted by Gasteiger charge is -2.13. The Balaban J connectivity index is 1.77. The van der Waals surface area contributed by atoms with Crippen LogP contribution in [0.2, 0.25) is 5.02 Å². The number of carbonyl (C=O) groups excluding carboxylic acids is 2. The van der Waals surface area contributed by atoms with Crippen LogP contribution in [0.1, 0.15) is 32.1 Å². The van der Waals surface area contributed by atoms with Crippen molar-refractivity contribution in [1.29, 1.82) is 0 Å². The van der Waals surface area contributed by atoms with Crippen molar-refractivity contribution in [2.75, 3.05) is 6.54 Å². The van der Waals surface area contributed by atoms with Crippen molar-refractivity contribution in [1.82, 2.24) is 20.4 Å². The normalized spacial score (nSPS) is 13.5. The molecule has 0 radical (unpaired) electrons. The van der Waals surface area contributed by atoms with Gasteiger partial charge in [0.1, 0.15) is 5.69 Å². The number of fused-ring (bicyclic) bond motifs is 1. The van der Waals surface area contributed by atoms with E-state index in [-0.39, 0.29) is 11.8 Å². The zero-order valence-electron chi connectivity index (χ0n) is 12.0. The van der Waals surface area contributed by atoms with Gasteiger partial charge in [0.15, 0.2) is 5.69 Å². The SMILES string of the molecule is Cn1nc(C(=O)NCc2ccc(Cl)cc2)c2c1C(=O)NCC2. The zero-order valence-corrected chi connectivity index (χ0v) is 12.8. The molecule has 114 valence electrons. The second-order valence-electron chi connectivity index (χ2n) is 5.11. The van der Waals surface area contributed by atoms with Crippen LogP contribution in [0.3, 0.4) is 0 Å². The second kappa shape index (κ2) is 5.81. The van der Waals surface area contributed by atoms with Gasteiger partial charge in [-0.3, -0.25) is 14.3 Å². The van der Waals surface area contributed by atoms with E-state index in [1.54, 1.807) is 19.2 Å². The molecule has 0 saturated carbocycles. The molecule has 0 spiro atoms. The van der Waals surface area contributed by atoms with E-state index in [0.717, 1.165) is 5.56 Å². The molecular formula is C15H15ClN4O2. The molecule has 1 aliphatic heterocycles. The van der Waals surface area contributed by atoms with E-state index in [2.05, 4.69) is 15.7 Å². The lowest BCUT2D eigenvalue weighted by Crippen LogP contribution is -2.34. The third kappa shape index (κ3) is 2.69. The Morgan fingerprint density at radius 2 is 2.14 bits per heavy atom. The fourth-order valence-corrected chi connectivity index (χ4v) is 2.65. The first kappa shape index (κ1) is 14.6. The third-order valence-electron chi connectivity index (χ3n) is 3.60. The first-order valence-corrected chi connectivity index (χ1v) is 7.31. The molecule has 1 aromatic carbocycles. The molecule has 1 aliphatic rings. The maximum Gasteiger partial charge on any atom is 0.272 e. The molecule has 1 aromatic heterocycles. The summed E-state index contributed by atoms with van der Waals surface area (Å²) in [5.41, 5.74) is 2.43. The van der Waals surface area contributed by atoms with E-state index >= 15 is 0 Å². The highest BCUT2D eigenvalue weighted by Gasteiger charge is 2.28. The Morgan fingerprint density at radius 3 is 2.86 bits per heavy atom. The minimum absolute atomic E-state index is 0.187. The Morgan fingerprint density at radius 1 is 1.41 bits per heavy atom. The molecule has 0 saturated heterocycles. The number of rotatable bonds is 3. The molecule has 0 atom stereocenters. The summed E-state index contributed by atoms with van der Waals surface area (Å²) >= 11 is 5.83. The summed E-state index contributed by atoms with van der Waals surface area (Å²) in [6.45, 7) is 0.905. The van der Waals surface area contributed by atoms with Crippen LogP contribution >= 0.6 is 11.6 Å². The number of benzene rings is 1. The van der Waals surface area contributed by atoms with E-state index in [4.69, 9.17) is 11.6 Å². The van der Waals surface area contributed by atoms with Crippen molar-refractivity contribution in [3.05, 3.63) is 51.8 Å². The largest absolute Gasteiger partial charge is 0.350 e. The molecule has 6 nitrogen and oxygen atoms in total. The van der Waals surface area contributed by atoms with Crippen molar-refractivity contribution < 1.29 is 9.59 Å². The molecule has 0 unspecified atom stereocenters. The Hall–Kier alpha value is -2.34. The summed E-state index contributed by atoms with van der Waals surface area (Å²) in [7, 11) is 1.67. The molecule has 2 amide bonds. The smallest absolute Gasteiger partial charge is 0.272 e. The molecule has 22 heavy (non-hydrogen) atoms. The second-order valence-corrected chi connectivity index (χ2v) is 5.55. The monoisotopic (exact) mass is 318 g/mol. The van der Waals surface area contributed by atoms with Crippen LogP contribution in [0.15, 0.2) is 24.3 Å². The highest BCUT2D eigenvalue weighted by atomic mass is 35.5. The summed E-state index contributed by atoms with van der Waals surface area (Å²) in [5.74, 6) is -0.463. The van der Waals surface area contributed by atoms with E-state index in [1.165, 1.54) is 4.68 Å². The number of nitrogens with one attached hydrogen (secondary N) is 2. The molecule has 0 bridgehead atoms. The lowest BCUT2D eigenvalue weighted by atomic mass is 10.0. The maximum atomic E-state index is 12.3. The Bertz CT molecular complexity index is 737. The van der Waals surface area contributed by atoms with Crippen LogP contribution in [0, 0.1) is 0 Å². The predicted octanol–water partition coefficient (Wildman–Crippen LogP) is 1.29. The first-order valence-electron chi connectivity index (χ1n) is 6.93. The number of carbonyl (C=O) groups is 2. The van der Waals surface area contributed by atoms with Gasteiger partial charge in [-0.05, 0) is 24.1 Å². The van der Waals surface area contributed by atoms with E-state index in [0.29, 0.717) is 41.5 Å². The Labute approximate surface area is 132 Å². The summed E-state index contributed by atoms with van der Waals surface area (Å²) in [6.07, 6.45) is 0.610. The van der Waals surface area contributed by atoms with E-state index in [1.807, 2.05) is 12.1 Å². The molecule has 3 rings (SSSR count). The van der Waals surface area contributed by atoms with Crippen LogP contribution < -0.4 is 10.6 Å². The highest BCUT2D eigenvalue weighted by molar-refractivity contribution is 6.30. The summed E-state index contributed by atoms with van der Waals surface area (Å²) in [5, 5.41) is 10.4. The molecule has 2 heterocycles. The number of aromatic nitrogens is 2. The number of hydrogen-bond donors (Lipinski definition) is 2. The van der Waals surface area contributed by atoms with Gasteiger partial charge < -0.3 is 10.6 Å². The minimum atomic E-state index is -0.276. The van der Waals surface area contributed by atoms with Gasteiger partial charge in [0.25, 0.3) is 11.8 Å². The van der Waals surface area contributed by atoms with Gasteiger partial charge in [0.2, 0.25) is 0 Å². The van der Waals surface area contributed by atoms with Crippen LogP contribution in [-0.2, 0) is 20.0 Å². The van der Waals surface area contributed by atoms with Crippen LogP contribution in [-0.4, -0.2) is 28.1 Å². The first-order chi connectivity index (χ1) is 10.6. The van der Waals surface area contributed by atoms with Crippen molar-refractivity contribution in [2.45, 2.75) is 13.0 Å². The van der Waals surface area contributed by atoms with Gasteiger partial charge in [-0.1, -0.05) is 23.7 Å². The number of nitrogens with zero attached hydrogens (tertiary/aromatic N) is 2. The molecule has 0 fully saturated rings.